The summed E-state index contributed by atoms with van der Waals surface area (Å²) in [6, 6.07) is 0. The first kappa shape index (κ1) is 54.0. The van der Waals surface area contributed by atoms with E-state index in [4.69, 9.17) is 0 Å². The zero-order valence-electron chi connectivity index (χ0n) is 33.6. The number of carboxylic acid groups (broad SMARTS) is 2. The molecule has 0 bridgehead atoms. The Kier molecular flexibility index (Phi) is 49.4. The molecule has 2 amide bonds. The minimum atomic E-state index is -1.12. The molecular formula is C42H80MgN2O6. The second-order valence-corrected chi connectivity index (χ2v) is 14.3. The standard InChI is InChI=1S/2C21H41NO3.Mg/c2*1-2-3-4-5-6-7-8-9-10-11-12-13-14-15-16-17-20(23)22-19-18-21(24)25;/h2*2-19H2,1H3,(H,22,23)(H,24,25);/q;;+2/p-2. The average Bonchev–Trinajstić information content (AvgIpc) is 3.08. The number of hydrogen-bond acceptors (Lipinski definition) is 6. The third-order valence-corrected chi connectivity index (χ3v) is 9.32. The van der Waals surface area contributed by atoms with Gasteiger partial charge in [-0.05, 0) is 12.8 Å². The third kappa shape index (κ3) is 53.1. The van der Waals surface area contributed by atoms with Crippen LogP contribution in [-0.2, 0) is 19.2 Å². The van der Waals surface area contributed by atoms with Gasteiger partial charge in [-0.3, -0.25) is 9.59 Å². The van der Waals surface area contributed by atoms with E-state index in [1.165, 1.54) is 167 Å². The zero-order valence-corrected chi connectivity index (χ0v) is 35.0. The molecule has 0 radical (unpaired) electrons. The SMILES string of the molecule is CCCCCCCCCCCCCCCCCC(=O)NCCC(=O)[O-].CCCCCCCCCCCCCCCCCC(=O)NCCC(=O)[O-].[Mg+2]. The maximum absolute atomic E-state index is 11.4. The van der Waals surface area contributed by atoms with Crippen molar-refractivity contribution in [3.05, 3.63) is 0 Å². The molecule has 0 atom stereocenters. The monoisotopic (exact) mass is 733 g/mol. The fourth-order valence-corrected chi connectivity index (χ4v) is 6.10. The summed E-state index contributed by atoms with van der Waals surface area (Å²) in [5.74, 6) is -2.33. The molecule has 0 spiro atoms. The van der Waals surface area contributed by atoms with Gasteiger partial charge < -0.3 is 30.4 Å². The van der Waals surface area contributed by atoms with E-state index in [9.17, 15) is 29.4 Å². The number of carbonyl (C=O) groups excluding carboxylic acids is 4. The van der Waals surface area contributed by atoms with E-state index in [0.717, 1.165) is 25.7 Å². The Morgan fingerprint density at radius 1 is 0.333 bits per heavy atom. The summed E-state index contributed by atoms with van der Waals surface area (Å²) in [6.07, 6.45) is 40.1. The van der Waals surface area contributed by atoms with Crippen LogP contribution in [0.15, 0.2) is 0 Å². The number of amides is 2. The Morgan fingerprint density at radius 2 is 0.529 bits per heavy atom. The van der Waals surface area contributed by atoms with Gasteiger partial charge in [0, 0.05) is 50.7 Å². The molecule has 0 aliphatic rings. The molecule has 0 aliphatic carbocycles. The van der Waals surface area contributed by atoms with Gasteiger partial charge in [0.1, 0.15) is 0 Å². The van der Waals surface area contributed by atoms with Crippen LogP contribution in [0.25, 0.3) is 0 Å². The van der Waals surface area contributed by atoms with Crippen LogP contribution in [0, 0.1) is 0 Å². The van der Waals surface area contributed by atoms with Crippen molar-refractivity contribution in [1.29, 1.82) is 0 Å². The van der Waals surface area contributed by atoms with E-state index in [1.54, 1.807) is 0 Å². The van der Waals surface area contributed by atoms with Gasteiger partial charge in [-0.15, -0.1) is 0 Å². The Balaban J connectivity index is -0.000000886. The molecule has 0 aliphatic heterocycles. The average molecular weight is 733 g/mol. The molecule has 0 fully saturated rings. The topological polar surface area (TPSA) is 138 Å². The summed E-state index contributed by atoms with van der Waals surface area (Å²) < 4.78 is 0. The molecule has 0 aromatic carbocycles. The summed E-state index contributed by atoms with van der Waals surface area (Å²) in [4.78, 5) is 43.3. The predicted octanol–water partition coefficient (Wildman–Crippen LogP) is 8.63. The van der Waals surface area contributed by atoms with Gasteiger partial charge in [-0.2, -0.15) is 0 Å². The van der Waals surface area contributed by atoms with Gasteiger partial charge in [0.05, 0.1) is 0 Å². The van der Waals surface area contributed by atoms with Crippen LogP contribution < -0.4 is 20.8 Å². The van der Waals surface area contributed by atoms with Crippen LogP contribution in [0.2, 0.25) is 0 Å². The first-order chi connectivity index (χ1) is 24.3. The van der Waals surface area contributed by atoms with E-state index in [-0.39, 0.29) is 60.8 Å². The summed E-state index contributed by atoms with van der Waals surface area (Å²) >= 11 is 0. The van der Waals surface area contributed by atoms with Crippen LogP contribution in [-0.4, -0.2) is 59.9 Å². The van der Waals surface area contributed by atoms with Gasteiger partial charge in [0.15, 0.2) is 0 Å². The number of rotatable bonds is 38. The van der Waals surface area contributed by atoms with Gasteiger partial charge >= 0.3 is 23.1 Å². The minimum Gasteiger partial charge on any atom is -0.550 e. The van der Waals surface area contributed by atoms with E-state index in [0.29, 0.717) is 12.8 Å². The number of nitrogens with one attached hydrogen (secondary N) is 2. The molecule has 0 unspecified atom stereocenters. The van der Waals surface area contributed by atoms with Crippen LogP contribution in [0.1, 0.15) is 232 Å². The van der Waals surface area contributed by atoms with Crippen LogP contribution in [0.5, 0.6) is 0 Å². The second-order valence-electron chi connectivity index (χ2n) is 14.3. The number of hydrogen-bond donors (Lipinski definition) is 2. The first-order valence-corrected chi connectivity index (χ1v) is 21.3. The van der Waals surface area contributed by atoms with Crippen LogP contribution in [0.4, 0.5) is 0 Å². The number of aliphatic carboxylic acids is 2. The van der Waals surface area contributed by atoms with E-state index in [2.05, 4.69) is 24.5 Å². The van der Waals surface area contributed by atoms with Gasteiger partial charge in [0.25, 0.3) is 0 Å². The largest absolute Gasteiger partial charge is 2.00 e. The van der Waals surface area contributed by atoms with E-state index in [1.807, 2.05) is 0 Å². The molecule has 0 saturated heterocycles. The molecule has 0 heterocycles. The predicted molar refractivity (Wildman–Crippen MR) is 210 cm³/mol. The molecule has 2 N–H and O–H groups in total. The zero-order chi connectivity index (χ0) is 37.2. The van der Waals surface area contributed by atoms with Crippen molar-refractivity contribution in [3.8, 4) is 0 Å². The Morgan fingerprint density at radius 3 is 0.725 bits per heavy atom. The fraction of sp³-hybridized carbons (Fsp3) is 0.905. The van der Waals surface area contributed by atoms with Gasteiger partial charge in [0.2, 0.25) is 11.8 Å². The number of carbonyl (C=O) groups is 4. The first-order valence-electron chi connectivity index (χ1n) is 21.3. The van der Waals surface area contributed by atoms with Crippen LogP contribution in [0.3, 0.4) is 0 Å². The molecule has 8 nitrogen and oxygen atoms in total. The summed E-state index contributed by atoms with van der Waals surface area (Å²) in [5.41, 5.74) is 0. The summed E-state index contributed by atoms with van der Waals surface area (Å²) in [5, 5.41) is 25.7. The quantitative estimate of drug-likeness (QED) is 0.0482. The molecule has 0 saturated carbocycles. The fourth-order valence-electron chi connectivity index (χ4n) is 6.10. The smallest absolute Gasteiger partial charge is 0.550 e. The maximum Gasteiger partial charge on any atom is 2.00 e. The van der Waals surface area contributed by atoms with Crippen molar-refractivity contribution in [2.45, 2.75) is 232 Å². The van der Waals surface area contributed by atoms with Crippen LogP contribution >= 0.6 is 0 Å². The molecule has 0 rings (SSSR count). The molecule has 9 heteroatoms. The third-order valence-electron chi connectivity index (χ3n) is 9.32. The van der Waals surface area contributed by atoms with Crippen molar-refractivity contribution in [2.75, 3.05) is 13.1 Å². The Bertz CT molecular complexity index is 706. The number of unbranched alkanes of at least 4 members (excludes halogenated alkanes) is 28. The molecule has 0 aromatic rings. The summed E-state index contributed by atoms with van der Waals surface area (Å²) in [6.45, 7) is 4.89. The minimum absolute atomic E-state index is 0. The normalized spacial score (nSPS) is 10.5. The summed E-state index contributed by atoms with van der Waals surface area (Å²) in [7, 11) is 0. The Labute approximate surface area is 330 Å². The number of carboxylic acids is 2. The van der Waals surface area contributed by atoms with Gasteiger partial charge in [-0.1, -0.05) is 194 Å². The van der Waals surface area contributed by atoms with Gasteiger partial charge in [-0.25, -0.2) is 0 Å². The van der Waals surface area contributed by atoms with E-state index < -0.39 is 11.9 Å². The second kappa shape index (κ2) is 46.7. The van der Waals surface area contributed by atoms with Crippen molar-refractivity contribution in [1.82, 2.24) is 10.6 Å². The van der Waals surface area contributed by atoms with Crippen molar-refractivity contribution in [2.24, 2.45) is 0 Å². The molecule has 296 valence electrons. The molecule has 0 aromatic heterocycles. The molecular weight excluding hydrogens is 653 g/mol. The maximum atomic E-state index is 11.4. The van der Waals surface area contributed by atoms with Crippen molar-refractivity contribution in [3.63, 3.8) is 0 Å². The Hall–Kier alpha value is -1.35. The van der Waals surface area contributed by atoms with E-state index >= 15 is 0 Å². The van der Waals surface area contributed by atoms with Crippen molar-refractivity contribution < 1.29 is 29.4 Å². The molecule has 51 heavy (non-hydrogen) atoms. The van der Waals surface area contributed by atoms with Crippen molar-refractivity contribution >= 4 is 46.8 Å².